The van der Waals surface area contributed by atoms with E-state index < -0.39 is 0 Å². The molecule has 0 spiro atoms. The van der Waals surface area contributed by atoms with Crippen LogP contribution in [-0.4, -0.2) is 5.38 Å². The summed E-state index contributed by atoms with van der Waals surface area (Å²) < 4.78 is 0. The molecule has 0 aliphatic rings. The Bertz CT molecular complexity index is 513. The van der Waals surface area contributed by atoms with Crippen LogP contribution in [0.5, 0.6) is 0 Å². The maximum Gasteiger partial charge on any atom is 0.0379 e. The summed E-state index contributed by atoms with van der Waals surface area (Å²) in [5, 5.41) is 0.211. The highest BCUT2D eigenvalue weighted by atomic mass is 35.5. The first-order valence-corrected chi connectivity index (χ1v) is 7.33. The van der Waals surface area contributed by atoms with Crippen LogP contribution in [0.2, 0.25) is 0 Å². The van der Waals surface area contributed by atoms with E-state index in [9.17, 15) is 0 Å². The van der Waals surface area contributed by atoms with Crippen molar-refractivity contribution in [3.05, 3.63) is 70.8 Å². The zero-order valence-electron chi connectivity index (χ0n) is 11.7. The summed E-state index contributed by atoms with van der Waals surface area (Å²) in [5.41, 5.74) is 5.39. The minimum absolute atomic E-state index is 0.211. The van der Waals surface area contributed by atoms with Crippen molar-refractivity contribution in [2.75, 3.05) is 0 Å². The van der Waals surface area contributed by atoms with E-state index in [4.69, 9.17) is 11.6 Å². The molecule has 2 aromatic rings. The van der Waals surface area contributed by atoms with Gasteiger partial charge in [-0.1, -0.05) is 54.1 Å². The lowest BCUT2D eigenvalue weighted by Crippen LogP contribution is -2.06. The summed E-state index contributed by atoms with van der Waals surface area (Å²) in [4.78, 5) is 0. The van der Waals surface area contributed by atoms with E-state index in [2.05, 4.69) is 62.4 Å². The maximum absolute atomic E-state index is 6.47. The van der Waals surface area contributed by atoms with E-state index in [1.165, 1.54) is 22.3 Å². The maximum atomic E-state index is 6.47. The molecule has 0 heterocycles. The number of rotatable bonds is 5. The molecule has 0 saturated heterocycles. The number of hydrogen-bond donors (Lipinski definition) is 0. The summed E-state index contributed by atoms with van der Waals surface area (Å²) in [5.74, 6) is 0. The molecule has 1 unspecified atom stereocenters. The molecule has 0 bridgehead atoms. The quantitative estimate of drug-likeness (QED) is 0.666. The highest BCUT2D eigenvalue weighted by molar-refractivity contribution is 6.20. The fraction of sp³-hybridized carbons (Fsp3) is 0.333. The molecule has 1 heteroatoms. The smallest absolute Gasteiger partial charge is 0.0379 e. The highest BCUT2D eigenvalue weighted by Crippen LogP contribution is 2.17. The Kier molecular flexibility index (Phi) is 5.04. The molecule has 2 rings (SSSR count). The summed E-state index contributed by atoms with van der Waals surface area (Å²) in [6.45, 7) is 4.27. The molecule has 0 nitrogen and oxygen atoms in total. The average Bonchev–Trinajstić information content (AvgIpc) is 2.41. The first-order chi connectivity index (χ1) is 9.15. The first kappa shape index (κ1) is 14.1. The summed E-state index contributed by atoms with van der Waals surface area (Å²) >= 11 is 6.47. The molecule has 2 aromatic carbocycles. The van der Waals surface area contributed by atoms with Crippen molar-refractivity contribution >= 4 is 11.6 Å². The second kappa shape index (κ2) is 6.77. The predicted molar refractivity (Wildman–Crippen MR) is 84.0 cm³/mol. The lowest BCUT2D eigenvalue weighted by Gasteiger charge is -2.11. The molecule has 0 radical (unpaired) electrons. The molecular formula is C18H21Cl. The lowest BCUT2D eigenvalue weighted by atomic mass is 10.00. The SMILES string of the molecule is Cc1ccc(CCC(Cl)Cc2ccccc2C)cc1. The van der Waals surface area contributed by atoms with E-state index in [0.29, 0.717) is 0 Å². The Morgan fingerprint density at radius 2 is 1.63 bits per heavy atom. The van der Waals surface area contributed by atoms with Crippen LogP contribution in [0.3, 0.4) is 0 Å². The van der Waals surface area contributed by atoms with Crippen molar-refractivity contribution < 1.29 is 0 Å². The fourth-order valence-electron chi connectivity index (χ4n) is 2.26. The predicted octanol–water partition coefficient (Wildman–Crippen LogP) is 5.09. The molecule has 100 valence electrons. The van der Waals surface area contributed by atoms with Gasteiger partial charge in [0, 0.05) is 5.38 Å². The van der Waals surface area contributed by atoms with Crippen molar-refractivity contribution in [2.45, 2.75) is 38.5 Å². The van der Waals surface area contributed by atoms with E-state index in [0.717, 1.165) is 19.3 Å². The van der Waals surface area contributed by atoms with Gasteiger partial charge in [-0.05, 0) is 49.8 Å². The Labute approximate surface area is 121 Å². The van der Waals surface area contributed by atoms with Crippen molar-refractivity contribution in [3.63, 3.8) is 0 Å². The first-order valence-electron chi connectivity index (χ1n) is 6.89. The topological polar surface area (TPSA) is 0 Å². The van der Waals surface area contributed by atoms with Crippen LogP contribution in [0, 0.1) is 13.8 Å². The van der Waals surface area contributed by atoms with E-state index in [-0.39, 0.29) is 5.38 Å². The van der Waals surface area contributed by atoms with Gasteiger partial charge in [0.05, 0.1) is 0 Å². The molecule has 0 aliphatic carbocycles. The number of benzene rings is 2. The average molecular weight is 273 g/mol. The van der Waals surface area contributed by atoms with Crippen molar-refractivity contribution in [3.8, 4) is 0 Å². The third-order valence-corrected chi connectivity index (χ3v) is 3.94. The van der Waals surface area contributed by atoms with Crippen LogP contribution in [0.1, 0.15) is 28.7 Å². The van der Waals surface area contributed by atoms with Crippen LogP contribution in [0.15, 0.2) is 48.5 Å². The van der Waals surface area contributed by atoms with Crippen LogP contribution < -0.4 is 0 Å². The third kappa shape index (κ3) is 4.40. The molecule has 0 fully saturated rings. The summed E-state index contributed by atoms with van der Waals surface area (Å²) in [6.07, 6.45) is 3.04. The van der Waals surface area contributed by atoms with Crippen molar-refractivity contribution in [2.24, 2.45) is 0 Å². The molecule has 0 N–H and O–H groups in total. The second-order valence-electron chi connectivity index (χ2n) is 5.25. The summed E-state index contributed by atoms with van der Waals surface area (Å²) in [7, 11) is 0. The third-order valence-electron chi connectivity index (χ3n) is 3.57. The van der Waals surface area contributed by atoms with Gasteiger partial charge >= 0.3 is 0 Å². The van der Waals surface area contributed by atoms with Crippen LogP contribution in [0.4, 0.5) is 0 Å². The Hall–Kier alpha value is -1.27. The Morgan fingerprint density at radius 1 is 0.947 bits per heavy atom. The normalized spacial score (nSPS) is 12.4. The van der Waals surface area contributed by atoms with Gasteiger partial charge in [0.25, 0.3) is 0 Å². The van der Waals surface area contributed by atoms with Crippen LogP contribution in [0.25, 0.3) is 0 Å². The van der Waals surface area contributed by atoms with Crippen LogP contribution in [-0.2, 0) is 12.8 Å². The number of alkyl halides is 1. The molecule has 1 atom stereocenters. The lowest BCUT2D eigenvalue weighted by molar-refractivity contribution is 0.741. The Morgan fingerprint density at radius 3 is 2.32 bits per heavy atom. The van der Waals surface area contributed by atoms with Gasteiger partial charge in [-0.2, -0.15) is 0 Å². The monoisotopic (exact) mass is 272 g/mol. The Balaban J connectivity index is 1.86. The zero-order chi connectivity index (χ0) is 13.7. The number of hydrogen-bond acceptors (Lipinski definition) is 0. The van der Waals surface area contributed by atoms with Gasteiger partial charge in [0.2, 0.25) is 0 Å². The minimum Gasteiger partial charge on any atom is -0.123 e. The van der Waals surface area contributed by atoms with Crippen molar-refractivity contribution in [1.29, 1.82) is 0 Å². The van der Waals surface area contributed by atoms with Gasteiger partial charge < -0.3 is 0 Å². The number of halogens is 1. The van der Waals surface area contributed by atoms with Crippen molar-refractivity contribution in [1.82, 2.24) is 0 Å². The van der Waals surface area contributed by atoms with Gasteiger partial charge in [-0.25, -0.2) is 0 Å². The summed E-state index contributed by atoms with van der Waals surface area (Å²) in [6, 6.07) is 17.2. The minimum atomic E-state index is 0.211. The van der Waals surface area contributed by atoms with E-state index >= 15 is 0 Å². The number of aryl methyl sites for hydroxylation is 3. The van der Waals surface area contributed by atoms with Gasteiger partial charge in [0.15, 0.2) is 0 Å². The molecule has 0 aromatic heterocycles. The van der Waals surface area contributed by atoms with E-state index in [1.807, 2.05) is 0 Å². The molecule has 0 aliphatic heterocycles. The molecule has 19 heavy (non-hydrogen) atoms. The second-order valence-corrected chi connectivity index (χ2v) is 5.87. The zero-order valence-corrected chi connectivity index (χ0v) is 12.5. The van der Waals surface area contributed by atoms with Gasteiger partial charge in [-0.15, -0.1) is 11.6 Å². The molecule has 0 saturated carbocycles. The fourth-order valence-corrected chi connectivity index (χ4v) is 2.53. The van der Waals surface area contributed by atoms with Crippen LogP contribution >= 0.6 is 11.6 Å². The van der Waals surface area contributed by atoms with Gasteiger partial charge in [0.1, 0.15) is 0 Å². The largest absolute Gasteiger partial charge is 0.123 e. The molecular weight excluding hydrogens is 252 g/mol. The molecule has 0 amide bonds. The van der Waals surface area contributed by atoms with Gasteiger partial charge in [-0.3, -0.25) is 0 Å². The highest BCUT2D eigenvalue weighted by Gasteiger charge is 2.08. The van der Waals surface area contributed by atoms with E-state index in [1.54, 1.807) is 0 Å². The standard InChI is InChI=1S/C18H21Cl/c1-14-7-9-16(10-8-14)11-12-18(19)13-17-6-4-3-5-15(17)2/h3-10,18H,11-13H2,1-2H3.